The number of carbonyl (C=O) groups excluding carboxylic acids is 1. The van der Waals surface area contributed by atoms with Crippen molar-refractivity contribution in [3.05, 3.63) is 48.0 Å². The highest BCUT2D eigenvalue weighted by molar-refractivity contribution is 8.00. The van der Waals surface area contributed by atoms with Crippen LogP contribution in [-0.4, -0.2) is 34.6 Å². The molecule has 0 aliphatic carbocycles. The van der Waals surface area contributed by atoms with Crippen LogP contribution < -0.4 is 14.2 Å². The van der Waals surface area contributed by atoms with Crippen molar-refractivity contribution in [2.75, 3.05) is 13.4 Å². The van der Waals surface area contributed by atoms with Crippen molar-refractivity contribution in [2.45, 2.75) is 24.3 Å². The van der Waals surface area contributed by atoms with Crippen LogP contribution in [0.5, 0.6) is 17.2 Å². The maximum atomic E-state index is 12.6. The Labute approximate surface area is 166 Å². The van der Waals surface area contributed by atoms with Crippen molar-refractivity contribution in [1.29, 1.82) is 0 Å². The number of benzene rings is 2. The number of Topliss-reactive ketones (excluding diaryl/α,β-unsaturated/α-hetero) is 1. The largest absolute Gasteiger partial charge is 0.494 e. The first-order valence-electron chi connectivity index (χ1n) is 8.81. The molecule has 3 aromatic rings. The molecule has 0 unspecified atom stereocenters. The third kappa shape index (κ3) is 3.82. The Bertz CT molecular complexity index is 987. The first-order valence-corrected chi connectivity index (χ1v) is 9.69. The Hall–Kier alpha value is -3.00. The van der Waals surface area contributed by atoms with Crippen molar-refractivity contribution in [3.8, 4) is 28.7 Å². The van der Waals surface area contributed by atoms with Crippen LogP contribution in [0.1, 0.15) is 24.2 Å². The van der Waals surface area contributed by atoms with E-state index in [1.165, 1.54) is 11.8 Å². The molecule has 0 saturated carbocycles. The number of fused-ring (bicyclic) bond motifs is 1. The van der Waals surface area contributed by atoms with Gasteiger partial charge in [-0.1, -0.05) is 11.8 Å². The minimum Gasteiger partial charge on any atom is -0.494 e. The van der Waals surface area contributed by atoms with Crippen molar-refractivity contribution >= 4 is 17.5 Å². The fourth-order valence-electron chi connectivity index (χ4n) is 2.73. The maximum Gasteiger partial charge on any atom is 0.277 e. The number of nitrogens with zero attached hydrogens (tertiary/aromatic N) is 2. The molecule has 0 spiro atoms. The van der Waals surface area contributed by atoms with Gasteiger partial charge in [-0.2, -0.15) is 0 Å². The lowest BCUT2D eigenvalue weighted by atomic mass is 10.1. The molecule has 1 aliphatic heterocycles. The van der Waals surface area contributed by atoms with E-state index in [1.807, 2.05) is 19.9 Å². The molecule has 2 heterocycles. The van der Waals surface area contributed by atoms with E-state index in [-0.39, 0.29) is 17.8 Å². The summed E-state index contributed by atoms with van der Waals surface area (Å²) >= 11 is 1.22. The minimum atomic E-state index is -0.372. The van der Waals surface area contributed by atoms with Crippen LogP contribution in [-0.2, 0) is 0 Å². The molecule has 1 atom stereocenters. The molecule has 1 aliphatic rings. The number of aromatic nitrogens is 2. The molecule has 7 nitrogen and oxygen atoms in total. The van der Waals surface area contributed by atoms with Gasteiger partial charge in [0.15, 0.2) is 17.3 Å². The molecule has 4 rings (SSSR count). The number of hydrogen-bond acceptors (Lipinski definition) is 8. The van der Waals surface area contributed by atoms with Gasteiger partial charge in [0.25, 0.3) is 5.22 Å². The topological polar surface area (TPSA) is 83.7 Å². The number of ketones is 1. The lowest BCUT2D eigenvalue weighted by molar-refractivity contribution is 0.0993. The highest BCUT2D eigenvalue weighted by atomic mass is 32.2. The van der Waals surface area contributed by atoms with Gasteiger partial charge in [0.05, 0.1) is 11.9 Å². The number of thioether (sulfide) groups is 1. The molecule has 0 fully saturated rings. The molecule has 0 saturated heterocycles. The van der Waals surface area contributed by atoms with E-state index in [0.29, 0.717) is 34.8 Å². The quantitative estimate of drug-likeness (QED) is 0.432. The van der Waals surface area contributed by atoms with E-state index in [9.17, 15) is 4.79 Å². The van der Waals surface area contributed by atoms with E-state index in [0.717, 1.165) is 11.3 Å². The summed E-state index contributed by atoms with van der Waals surface area (Å²) in [5.41, 5.74) is 1.34. The van der Waals surface area contributed by atoms with Crippen LogP contribution in [0.4, 0.5) is 0 Å². The van der Waals surface area contributed by atoms with E-state index < -0.39 is 0 Å². The standard InChI is InChI=1S/C20H18N2O5S/c1-3-24-15-7-4-13(5-8-15)18(23)12(2)28-20-22-21-19(27-20)14-6-9-16-17(10-14)26-11-25-16/h4-10,12H,3,11H2,1-2H3/t12-/m0/s1. The molecular formula is C20H18N2O5S. The Kier molecular flexibility index (Phi) is 5.21. The molecule has 28 heavy (non-hydrogen) atoms. The molecule has 0 N–H and O–H groups in total. The summed E-state index contributed by atoms with van der Waals surface area (Å²) in [7, 11) is 0. The normalized spacial score (nSPS) is 13.4. The van der Waals surface area contributed by atoms with Gasteiger partial charge >= 0.3 is 0 Å². The number of hydrogen-bond donors (Lipinski definition) is 0. The molecular weight excluding hydrogens is 380 g/mol. The van der Waals surface area contributed by atoms with Crippen LogP contribution >= 0.6 is 11.8 Å². The average Bonchev–Trinajstić information content (AvgIpc) is 3.37. The van der Waals surface area contributed by atoms with E-state index in [4.69, 9.17) is 18.6 Å². The van der Waals surface area contributed by atoms with Gasteiger partial charge in [-0.05, 0) is 56.3 Å². The fraction of sp³-hybridized carbons (Fsp3) is 0.250. The van der Waals surface area contributed by atoms with Gasteiger partial charge in [-0.15, -0.1) is 10.2 Å². The summed E-state index contributed by atoms with van der Waals surface area (Å²) < 4.78 is 21.8. The van der Waals surface area contributed by atoms with Crippen LogP contribution in [0, 0.1) is 0 Å². The van der Waals surface area contributed by atoms with Gasteiger partial charge < -0.3 is 18.6 Å². The summed E-state index contributed by atoms with van der Waals surface area (Å²) in [5, 5.41) is 8.07. The number of carbonyl (C=O) groups is 1. The van der Waals surface area contributed by atoms with Gasteiger partial charge in [0.2, 0.25) is 12.7 Å². The smallest absolute Gasteiger partial charge is 0.277 e. The maximum absolute atomic E-state index is 12.6. The summed E-state index contributed by atoms with van der Waals surface area (Å²) in [6, 6.07) is 12.5. The second-order valence-corrected chi connectivity index (χ2v) is 7.31. The summed E-state index contributed by atoms with van der Waals surface area (Å²) in [5.74, 6) is 2.42. The lowest BCUT2D eigenvalue weighted by Crippen LogP contribution is -2.13. The third-order valence-corrected chi connectivity index (χ3v) is 5.06. The van der Waals surface area contributed by atoms with Crippen LogP contribution in [0.2, 0.25) is 0 Å². The first kappa shape index (κ1) is 18.4. The van der Waals surface area contributed by atoms with Crippen LogP contribution in [0.15, 0.2) is 52.1 Å². The van der Waals surface area contributed by atoms with Gasteiger partial charge in [-0.25, -0.2) is 0 Å². The van der Waals surface area contributed by atoms with Crippen molar-refractivity contribution in [3.63, 3.8) is 0 Å². The molecule has 0 bridgehead atoms. The zero-order valence-electron chi connectivity index (χ0n) is 15.4. The van der Waals surface area contributed by atoms with Crippen molar-refractivity contribution < 1.29 is 23.4 Å². The highest BCUT2D eigenvalue weighted by Crippen LogP contribution is 2.36. The molecule has 0 amide bonds. The SMILES string of the molecule is CCOc1ccc(C(=O)[C@H](C)Sc2nnc(-c3ccc4c(c3)OCO4)o2)cc1. The second-order valence-electron chi connectivity index (χ2n) is 6.02. The summed E-state index contributed by atoms with van der Waals surface area (Å²) in [4.78, 5) is 12.6. The van der Waals surface area contributed by atoms with Gasteiger partial charge in [0, 0.05) is 11.1 Å². The fourth-order valence-corrected chi connectivity index (χ4v) is 3.49. The lowest BCUT2D eigenvalue weighted by Gasteiger charge is -2.08. The Morgan fingerprint density at radius 1 is 1.14 bits per heavy atom. The molecule has 8 heteroatoms. The van der Waals surface area contributed by atoms with Crippen LogP contribution in [0.3, 0.4) is 0 Å². The van der Waals surface area contributed by atoms with E-state index in [1.54, 1.807) is 36.4 Å². The highest BCUT2D eigenvalue weighted by Gasteiger charge is 2.21. The zero-order valence-corrected chi connectivity index (χ0v) is 16.2. The number of rotatable bonds is 7. The van der Waals surface area contributed by atoms with Crippen molar-refractivity contribution in [2.24, 2.45) is 0 Å². The summed E-state index contributed by atoms with van der Waals surface area (Å²) in [6.45, 7) is 4.52. The molecule has 1 aromatic heterocycles. The Morgan fingerprint density at radius 3 is 2.71 bits per heavy atom. The Morgan fingerprint density at radius 2 is 1.93 bits per heavy atom. The van der Waals surface area contributed by atoms with Crippen molar-refractivity contribution in [1.82, 2.24) is 10.2 Å². The predicted octanol–water partition coefficient (Wildman–Crippen LogP) is 4.23. The molecule has 0 radical (unpaired) electrons. The van der Waals surface area contributed by atoms with Gasteiger partial charge in [0.1, 0.15) is 5.75 Å². The third-order valence-electron chi connectivity index (χ3n) is 4.12. The van der Waals surface area contributed by atoms with E-state index >= 15 is 0 Å². The first-order chi connectivity index (χ1) is 13.6. The minimum absolute atomic E-state index is 0.0177. The predicted molar refractivity (Wildman–Crippen MR) is 103 cm³/mol. The Balaban J connectivity index is 1.43. The van der Waals surface area contributed by atoms with E-state index in [2.05, 4.69) is 10.2 Å². The van der Waals surface area contributed by atoms with Crippen LogP contribution in [0.25, 0.3) is 11.5 Å². The molecule has 144 valence electrons. The second kappa shape index (κ2) is 7.93. The number of ether oxygens (including phenoxy) is 3. The summed E-state index contributed by atoms with van der Waals surface area (Å²) in [6.07, 6.45) is 0. The monoisotopic (exact) mass is 398 g/mol. The zero-order chi connectivity index (χ0) is 19.5. The molecule has 2 aromatic carbocycles. The van der Waals surface area contributed by atoms with Gasteiger partial charge in [-0.3, -0.25) is 4.79 Å². The average molecular weight is 398 g/mol.